The largest absolute Gasteiger partial charge is 0.496 e. The highest BCUT2D eigenvalue weighted by Gasteiger charge is 2.33. The molecule has 1 amide bonds. The van der Waals surface area contributed by atoms with Crippen LogP contribution in [0.1, 0.15) is 24.1 Å². The Morgan fingerprint density at radius 3 is 2.60 bits per heavy atom. The van der Waals surface area contributed by atoms with Gasteiger partial charge >= 0.3 is 11.8 Å². The van der Waals surface area contributed by atoms with Crippen molar-refractivity contribution in [1.82, 2.24) is 5.32 Å². The summed E-state index contributed by atoms with van der Waals surface area (Å²) in [5, 5.41) is 2.48. The molecule has 0 aliphatic carbocycles. The van der Waals surface area contributed by atoms with Crippen molar-refractivity contribution >= 4 is 16.9 Å². The monoisotopic (exact) mass is 421 g/mol. The third-order valence-corrected chi connectivity index (χ3v) is 4.37. The van der Waals surface area contributed by atoms with Crippen molar-refractivity contribution in [2.45, 2.75) is 19.1 Å². The summed E-state index contributed by atoms with van der Waals surface area (Å²) in [6, 6.07) is 10.8. The standard InChI is InChI=1S/C21H18F3NO5/c1-12(14-5-3-4-6-17(14)28-2)25-19(26)11-29-13-7-8-15-16(21(22,23)24)10-20(27)30-18(15)9-13/h3-10,12H,11H2,1-2H3,(H,25,26). The Bertz CT molecular complexity index is 1120. The number of ether oxygens (including phenoxy) is 2. The van der Waals surface area contributed by atoms with Crippen molar-refractivity contribution in [3.05, 3.63) is 70.1 Å². The summed E-state index contributed by atoms with van der Waals surface area (Å²) in [7, 11) is 1.53. The Balaban J connectivity index is 1.71. The Hall–Kier alpha value is -3.49. The van der Waals surface area contributed by atoms with Crippen LogP contribution in [0.25, 0.3) is 11.0 Å². The Labute approximate surface area is 169 Å². The van der Waals surface area contributed by atoms with Gasteiger partial charge in [-0.1, -0.05) is 18.2 Å². The average molecular weight is 421 g/mol. The summed E-state index contributed by atoms with van der Waals surface area (Å²) in [6.45, 7) is 1.40. The Morgan fingerprint density at radius 2 is 1.90 bits per heavy atom. The van der Waals surface area contributed by atoms with Gasteiger partial charge in [-0.15, -0.1) is 0 Å². The van der Waals surface area contributed by atoms with Gasteiger partial charge in [-0.3, -0.25) is 4.79 Å². The van der Waals surface area contributed by atoms with Crippen LogP contribution in [0.2, 0.25) is 0 Å². The molecule has 0 fully saturated rings. The predicted octanol–water partition coefficient (Wildman–Crippen LogP) is 4.08. The second-order valence-corrected chi connectivity index (χ2v) is 6.45. The molecule has 158 valence electrons. The smallest absolute Gasteiger partial charge is 0.417 e. The number of rotatable bonds is 6. The Morgan fingerprint density at radius 1 is 1.17 bits per heavy atom. The van der Waals surface area contributed by atoms with Crippen LogP contribution in [0.3, 0.4) is 0 Å². The maximum absolute atomic E-state index is 13.1. The summed E-state index contributed by atoms with van der Waals surface area (Å²) < 4.78 is 54.7. The highest BCUT2D eigenvalue weighted by Crippen LogP contribution is 2.34. The maximum Gasteiger partial charge on any atom is 0.417 e. The number of nitrogens with one attached hydrogen (secondary N) is 1. The molecule has 30 heavy (non-hydrogen) atoms. The molecule has 0 spiro atoms. The zero-order valence-corrected chi connectivity index (χ0v) is 16.1. The van der Waals surface area contributed by atoms with Crippen LogP contribution < -0.4 is 20.4 Å². The van der Waals surface area contributed by atoms with Crippen LogP contribution in [-0.4, -0.2) is 19.6 Å². The molecule has 6 nitrogen and oxygen atoms in total. The third kappa shape index (κ3) is 4.73. The number of hydrogen-bond donors (Lipinski definition) is 1. The van der Waals surface area contributed by atoms with Gasteiger partial charge in [0.15, 0.2) is 6.61 Å². The van der Waals surface area contributed by atoms with Crippen LogP contribution in [0.4, 0.5) is 13.2 Å². The SMILES string of the molecule is COc1ccccc1C(C)NC(=O)COc1ccc2c(C(F)(F)F)cc(=O)oc2c1. The lowest BCUT2D eigenvalue weighted by Crippen LogP contribution is -2.31. The number of benzene rings is 2. The summed E-state index contributed by atoms with van der Waals surface area (Å²) in [5.41, 5.74) is -1.73. The minimum Gasteiger partial charge on any atom is -0.496 e. The van der Waals surface area contributed by atoms with Crippen LogP contribution in [0.5, 0.6) is 11.5 Å². The van der Waals surface area contributed by atoms with E-state index >= 15 is 0 Å². The van der Waals surface area contributed by atoms with Gasteiger partial charge in [-0.25, -0.2) is 4.79 Å². The minimum atomic E-state index is -4.70. The first-order chi connectivity index (χ1) is 14.2. The summed E-state index contributed by atoms with van der Waals surface area (Å²) in [5.74, 6) is 0.264. The quantitative estimate of drug-likeness (QED) is 0.607. The van der Waals surface area contributed by atoms with Crippen molar-refractivity contribution in [1.29, 1.82) is 0 Å². The van der Waals surface area contributed by atoms with Crippen molar-refractivity contribution in [3.63, 3.8) is 0 Å². The first-order valence-electron chi connectivity index (χ1n) is 8.89. The second kappa shape index (κ2) is 8.48. The van der Waals surface area contributed by atoms with Crippen molar-refractivity contribution in [3.8, 4) is 11.5 Å². The van der Waals surface area contributed by atoms with E-state index in [9.17, 15) is 22.8 Å². The molecule has 1 N–H and O–H groups in total. The van der Waals surface area contributed by atoms with Crippen LogP contribution >= 0.6 is 0 Å². The van der Waals surface area contributed by atoms with Crippen molar-refractivity contribution in [2.24, 2.45) is 0 Å². The van der Waals surface area contributed by atoms with E-state index in [1.807, 2.05) is 18.2 Å². The molecule has 9 heteroatoms. The lowest BCUT2D eigenvalue weighted by molar-refractivity contribution is -0.136. The fourth-order valence-electron chi connectivity index (χ4n) is 3.00. The van der Waals surface area contributed by atoms with E-state index in [0.29, 0.717) is 11.8 Å². The molecule has 1 heterocycles. The third-order valence-electron chi connectivity index (χ3n) is 4.37. The van der Waals surface area contributed by atoms with E-state index < -0.39 is 23.3 Å². The zero-order chi connectivity index (χ0) is 21.9. The van der Waals surface area contributed by atoms with E-state index in [0.717, 1.165) is 17.7 Å². The molecular weight excluding hydrogens is 403 g/mol. The second-order valence-electron chi connectivity index (χ2n) is 6.45. The number of hydrogen-bond acceptors (Lipinski definition) is 5. The van der Waals surface area contributed by atoms with E-state index in [4.69, 9.17) is 13.9 Å². The molecule has 2 aromatic carbocycles. The lowest BCUT2D eigenvalue weighted by Gasteiger charge is -2.17. The molecule has 1 aromatic heterocycles. The van der Waals surface area contributed by atoms with Crippen molar-refractivity contribution < 1.29 is 31.9 Å². The molecule has 3 rings (SSSR count). The summed E-state index contributed by atoms with van der Waals surface area (Å²) >= 11 is 0. The lowest BCUT2D eigenvalue weighted by atomic mass is 10.1. The van der Waals surface area contributed by atoms with Gasteiger partial charge in [0.25, 0.3) is 5.91 Å². The number of para-hydroxylation sites is 1. The van der Waals surface area contributed by atoms with Crippen LogP contribution in [-0.2, 0) is 11.0 Å². The molecular formula is C21H18F3NO5. The van der Waals surface area contributed by atoms with Crippen LogP contribution in [0, 0.1) is 0 Å². The van der Waals surface area contributed by atoms with E-state index in [-0.39, 0.29) is 29.4 Å². The molecule has 1 unspecified atom stereocenters. The van der Waals surface area contributed by atoms with Gasteiger partial charge in [0.05, 0.1) is 18.7 Å². The molecule has 0 radical (unpaired) electrons. The number of carbonyl (C=O) groups is 1. The van der Waals surface area contributed by atoms with Crippen molar-refractivity contribution in [2.75, 3.05) is 13.7 Å². The van der Waals surface area contributed by atoms with E-state index in [1.54, 1.807) is 13.0 Å². The fraction of sp³-hybridized carbons (Fsp3) is 0.238. The summed E-state index contributed by atoms with van der Waals surface area (Å²) in [4.78, 5) is 23.7. The molecule has 0 bridgehead atoms. The van der Waals surface area contributed by atoms with E-state index in [2.05, 4.69) is 5.32 Å². The molecule has 3 aromatic rings. The van der Waals surface area contributed by atoms with Gasteiger partial charge in [-0.2, -0.15) is 13.2 Å². The van der Waals surface area contributed by atoms with Gasteiger partial charge in [0.2, 0.25) is 0 Å². The number of halogens is 3. The fourth-order valence-corrected chi connectivity index (χ4v) is 3.00. The first kappa shape index (κ1) is 21.2. The molecule has 0 aliphatic heterocycles. The van der Waals surface area contributed by atoms with Gasteiger partial charge < -0.3 is 19.2 Å². The average Bonchev–Trinajstić information content (AvgIpc) is 2.70. The predicted molar refractivity (Wildman–Crippen MR) is 103 cm³/mol. The molecule has 0 saturated carbocycles. The van der Waals surface area contributed by atoms with Gasteiger partial charge in [-0.05, 0) is 25.1 Å². The normalized spacial score (nSPS) is 12.4. The molecule has 1 atom stereocenters. The highest BCUT2D eigenvalue weighted by atomic mass is 19.4. The minimum absolute atomic E-state index is 0.0880. The molecule has 0 saturated heterocycles. The zero-order valence-electron chi connectivity index (χ0n) is 16.1. The number of fused-ring (bicyclic) bond motifs is 1. The van der Waals surface area contributed by atoms with Crippen LogP contribution in [0.15, 0.2) is 57.7 Å². The number of amides is 1. The topological polar surface area (TPSA) is 77.8 Å². The molecule has 0 aliphatic rings. The summed E-state index contributed by atoms with van der Waals surface area (Å²) in [6.07, 6.45) is -4.70. The van der Waals surface area contributed by atoms with Gasteiger partial charge in [0, 0.05) is 23.1 Å². The van der Waals surface area contributed by atoms with Gasteiger partial charge in [0.1, 0.15) is 17.1 Å². The number of carbonyl (C=O) groups excluding carboxylic acids is 1. The number of methoxy groups -OCH3 is 1. The number of alkyl halides is 3. The highest BCUT2D eigenvalue weighted by molar-refractivity contribution is 5.82. The maximum atomic E-state index is 13.1. The first-order valence-corrected chi connectivity index (χ1v) is 8.89. The van der Waals surface area contributed by atoms with E-state index in [1.165, 1.54) is 13.2 Å². The Kier molecular flexibility index (Phi) is 6.00.